The number of piperidine rings is 1. The highest BCUT2D eigenvalue weighted by Gasteiger charge is 2.32. The van der Waals surface area contributed by atoms with Crippen LogP contribution in [0.2, 0.25) is 10.0 Å². The number of benzene rings is 1. The van der Waals surface area contributed by atoms with Gasteiger partial charge in [-0.2, -0.15) is 0 Å². The molecule has 1 aromatic carbocycles. The first-order valence-corrected chi connectivity index (χ1v) is 12.8. The minimum absolute atomic E-state index is 0.143. The molecule has 1 aliphatic rings. The van der Waals surface area contributed by atoms with Gasteiger partial charge in [0.05, 0.1) is 21.7 Å². The summed E-state index contributed by atoms with van der Waals surface area (Å²) in [6.45, 7) is 0.534. The maximum absolute atomic E-state index is 12.8. The summed E-state index contributed by atoms with van der Waals surface area (Å²) >= 11 is 14.6. The van der Waals surface area contributed by atoms with Crippen LogP contribution in [0.25, 0.3) is 0 Å². The summed E-state index contributed by atoms with van der Waals surface area (Å²) in [7, 11) is -3.58. The number of hydrogen-bond acceptors (Lipinski definition) is 7. The molecular weight excluding hydrogens is 463 g/mol. The Kier molecular flexibility index (Phi) is 7.21. The lowest BCUT2D eigenvalue weighted by Crippen LogP contribution is -2.44. The van der Waals surface area contributed by atoms with Gasteiger partial charge < -0.3 is 5.32 Å². The van der Waals surface area contributed by atoms with Crippen molar-refractivity contribution >= 4 is 67.4 Å². The van der Waals surface area contributed by atoms with Crippen molar-refractivity contribution in [1.29, 1.82) is 0 Å². The Morgan fingerprint density at radius 3 is 2.82 bits per heavy atom. The monoisotopic (exact) mass is 480 g/mol. The standard InChI is InChI=1S/C16H18Cl2N4O3S3/c1-26-16-21-20-15(27-16)19-14(23)11-3-2-6-22(8-11)28(24,25)9-10-4-5-12(17)13(18)7-10/h4-5,7,11H,2-3,6,8-9H2,1H3,(H,19,20,23). The maximum Gasteiger partial charge on any atom is 0.230 e. The third-order valence-corrected chi connectivity index (χ3v) is 8.66. The number of hydrogen-bond donors (Lipinski definition) is 1. The van der Waals surface area contributed by atoms with Crippen molar-refractivity contribution in [3.8, 4) is 0 Å². The molecule has 2 heterocycles. The van der Waals surface area contributed by atoms with Crippen molar-refractivity contribution in [2.24, 2.45) is 5.92 Å². The number of rotatable bonds is 6. The van der Waals surface area contributed by atoms with E-state index in [1.54, 1.807) is 18.2 Å². The molecule has 152 valence electrons. The fourth-order valence-corrected chi connectivity index (χ4v) is 5.98. The number of carbonyl (C=O) groups excluding carboxylic acids is 1. The van der Waals surface area contributed by atoms with E-state index in [2.05, 4.69) is 15.5 Å². The SMILES string of the molecule is CSc1nnc(NC(=O)C2CCCN(S(=O)(=O)Cc3ccc(Cl)c(Cl)c3)C2)s1. The van der Waals surface area contributed by atoms with Crippen molar-refractivity contribution in [2.45, 2.75) is 22.9 Å². The fraction of sp³-hybridized carbons (Fsp3) is 0.438. The number of amides is 1. The van der Waals surface area contributed by atoms with Gasteiger partial charge in [-0.25, -0.2) is 12.7 Å². The third kappa shape index (κ3) is 5.37. The quantitative estimate of drug-likeness (QED) is 0.499. The van der Waals surface area contributed by atoms with Gasteiger partial charge in [-0.3, -0.25) is 4.79 Å². The van der Waals surface area contributed by atoms with Gasteiger partial charge >= 0.3 is 0 Å². The van der Waals surface area contributed by atoms with Gasteiger partial charge in [0.1, 0.15) is 0 Å². The van der Waals surface area contributed by atoms with Crippen LogP contribution in [0, 0.1) is 5.92 Å². The van der Waals surface area contributed by atoms with Crippen LogP contribution in [-0.2, 0) is 20.6 Å². The molecular formula is C16H18Cl2N4O3S3. The third-order valence-electron chi connectivity index (χ3n) is 4.29. The summed E-state index contributed by atoms with van der Waals surface area (Å²) in [5.74, 6) is -0.858. The summed E-state index contributed by atoms with van der Waals surface area (Å²) < 4.78 is 27.8. The Bertz CT molecular complexity index is 968. The molecule has 1 unspecified atom stereocenters. The molecule has 7 nitrogen and oxygen atoms in total. The van der Waals surface area contributed by atoms with E-state index < -0.39 is 15.9 Å². The smallest absolute Gasteiger partial charge is 0.230 e. The van der Waals surface area contributed by atoms with Crippen LogP contribution in [0.3, 0.4) is 0 Å². The first-order valence-electron chi connectivity index (χ1n) is 8.38. The highest BCUT2D eigenvalue weighted by molar-refractivity contribution is 8.00. The van der Waals surface area contributed by atoms with Gasteiger partial charge in [0.15, 0.2) is 4.34 Å². The van der Waals surface area contributed by atoms with E-state index >= 15 is 0 Å². The molecule has 1 aromatic heterocycles. The predicted octanol–water partition coefficient (Wildman–Crippen LogP) is 3.75. The molecule has 12 heteroatoms. The lowest BCUT2D eigenvalue weighted by molar-refractivity contribution is -0.120. The van der Waals surface area contributed by atoms with E-state index in [1.165, 1.54) is 27.4 Å². The Balaban J connectivity index is 1.65. The zero-order chi connectivity index (χ0) is 20.3. The van der Waals surface area contributed by atoms with Crippen molar-refractivity contribution in [3.63, 3.8) is 0 Å². The fourth-order valence-electron chi connectivity index (χ4n) is 2.89. The highest BCUT2D eigenvalue weighted by Crippen LogP contribution is 2.27. The van der Waals surface area contributed by atoms with Crippen molar-refractivity contribution in [1.82, 2.24) is 14.5 Å². The van der Waals surface area contributed by atoms with Gasteiger partial charge in [-0.05, 0) is 36.8 Å². The molecule has 1 amide bonds. The van der Waals surface area contributed by atoms with Crippen LogP contribution in [-0.4, -0.2) is 48.2 Å². The second kappa shape index (κ2) is 9.27. The number of sulfonamides is 1. The van der Waals surface area contributed by atoms with E-state index in [4.69, 9.17) is 23.2 Å². The summed E-state index contributed by atoms with van der Waals surface area (Å²) in [4.78, 5) is 12.5. The zero-order valence-electron chi connectivity index (χ0n) is 14.9. The Morgan fingerprint density at radius 1 is 1.36 bits per heavy atom. The summed E-state index contributed by atoms with van der Waals surface area (Å²) in [6, 6.07) is 4.76. The van der Waals surface area contributed by atoms with E-state index in [0.717, 1.165) is 4.34 Å². The van der Waals surface area contributed by atoms with Gasteiger partial charge in [0.2, 0.25) is 21.1 Å². The number of thioether (sulfide) groups is 1. The molecule has 0 aliphatic carbocycles. The van der Waals surface area contributed by atoms with Gasteiger partial charge in [0.25, 0.3) is 0 Å². The van der Waals surface area contributed by atoms with E-state index in [0.29, 0.717) is 40.1 Å². The Morgan fingerprint density at radius 2 is 2.14 bits per heavy atom. The molecule has 0 spiro atoms. The second-order valence-corrected chi connectivity index (χ2v) is 11.1. The molecule has 1 fully saturated rings. The molecule has 1 atom stereocenters. The lowest BCUT2D eigenvalue weighted by Gasteiger charge is -2.31. The van der Waals surface area contributed by atoms with Crippen LogP contribution >= 0.6 is 46.3 Å². The number of nitrogens with one attached hydrogen (secondary N) is 1. The molecule has 3 rings (SSSR count). The minimum Gasteiger partial charge on any atom is -0.300 e. The van der Waals surface area contributed by atoms with E-state index in [-0.39, 0.29) is 18.2 Å². The normalized spacial score (nSPS) is 18.2. The molecule has 0 bridgehead atoms. The minimum atomic E-state index is -3.58. The molecule has 2 aromatic rings. The van der Waals surface area contributed by atoms with Crippen molar-refractivity contribution in [3.05, 3.63) is 33.8 Å². The number of anilines is 1. The van der Waals surface area contributed by atoms with E-state index in [1.807, 2.05) is 6.26 Å². The molecule has 1 aliphatic heterocycles. The first kappa shape index (κ1) is 21.8. The van der Waals surface area contributed by atoms with Crippen LogP contribution in [0.5, 0.6) is 0 Å². The molecule has 1 N–H and O–H groups in total. The topological polar surface area (TPSA) is 92.3 Å². The Labute approximate surface area is 181 Å². The average molecular weight is 481 g/mol. The summed E-state index contributed by atoms with van der Waals surface area (Å²) in [5, 5.41) is 11.7. The molecule has 0 radical (unpaired) electrons. The van der Waals surface area contributed by atoms with Gasteiger partial charge in [0, 0.05) is 13.1 Å². The maximum atomic E-state index is 12.8. The predicted molar refractivity (Wildman–Crippen MR) is 114 cm³/mol. The van der Waals surface area contributed by atoms with Crippen molar-refractivity contribution in [2.75, 3.05) is 24.7 Å². The number of halogens is 2. The summed E-state index contributed by atoms with van der Waals surface area (Å²) in [6.07, 6.45) is 3.12. The highest BCUT2D eigenvalue weighted by atomic mass is 35.5. The van der Waals surface area contributed by atoms with Crippen LogP contribution in [0.1, 0.15) is 18.4 Å². The molecule has 28 heavy (non-hydrogen) atoms. The molecule has 1 saturated heterocycles. The van der Waals surface area contributed by atoms with Crippen molar-refractivity contribution < 1.29 is 13.2 Å². The largest absolute Gasteiger partial charge is 0.300 e. The average Bonchev–Trinajstić information content (AvgIpc) is 3.12. The number of carbonyl (C=O) groups is 1. The van der Waals surface area contributed by atoms with Crippen LogP contribution in [0.15, 0.2) is 22.5 Å². The first-order chi connectivity index (χ1) is 13.3. The second-order valence-electron chi connectivity index (χ2n) is 6.27. The number of aromatic nitrogens is 2. The van der Waals surface area contributed by atoms with Gasteiger partial charge in [-0.1, -0.05) is 52.4 Å². The Hall–Kier alpha value is -0.910. The van der Waals surface area contributed by atoms with Crippen LogP contribution in [0.4, 0.5) is 5.13 Å². The lowest BCUT2D eigenvalue weighted by atomic mass is 9.99. The summed E-state index contributed by atoms with van der Waals surface area (Å²) in [5.41, 5.74) is 0.555. The van der Waals surface area contributed by atoms with Gasteiger partial charge in [-0.15, -0.1) is 10.2 Å². The zero-order valence-corrected chi connectivity index (χ0v) is 18.9. The molecule has 0 saturated carbocycles. The van der Waals surface area contributed by atoms with E-state index in [9.17, 15) is 13.2 Å². The number of nitrogens with zero attached hydrogens (tertiary/aromatic N) is 3. The van der Waals surface area contributed by atoms with Crippen LogP contribution < -0.4 is 5.32 Å².